The van der Waals surface area contributed by atoms with E-state index >= 15 is 0 Å². The SMILES string of the molecule is O=S1(=O)NCc2c1ccc(Nc1cc([C@H]3CC[C@@H](Oc4ccon4)C3)[nH]n1)c2F. The molecular formula is C18H18FN5O4S. The van der Waals surface area contributed by atoms with Gasteiger partial charge in [-0.3, -0.25) is 5.10 Å². The van der Waals surface area contributed by atoms with Crippen molar-refractivity contribution in [2.75, 3.05) is 5.32 Å². The Labute approximate surface area is 165 Å². The summed E-state index contributed by atoms with van der Waals surface area (Å²) in [6.07, 6.45) is 4.15. The Morgan fingerprint density at radius 2 is 2.17 bits per heavy atom. The molecule has 0 unspecified atom stereocenters. The Hall–Kier alpha value is -2.92. The Morgan fingerprint density at radius 1 is 1.28 bits per heavy atom. The van der Waals surface area contributed by atoms with Crippen LogP contribution in [-0.4, -0.2) is 29.9 Å². The third kappa shape index (κ3) is 3.36. The van der Waals surface area contributed by atoms with Gasteiger partial charge in [0.05, 0.1) is 10.6 Å². The third-order valence-electron chi connectivity index (χ3n) is 5.32. The van der Waals surface area contributed by atoms with Crippen LogP contribution >= 0.6 is 0 Å². The van der Waals surface area contributed by atoms with E-state index in [-0.39, 0.29) is 34.7 Å². The second-order valence-electron chi connectivity index (χ2n) is 7.15. The van der Waals surface area contributed by atoms with Crippen LogP contribution in [0.1, 0.15) is 36.4 Å². The summed E-state index contributed by atoms with van der Waals surface area (Å²) in [4.78, 5) is -0.0209. The van der Waals surface area contributed by atoms with Crippen LogP contribution in [0.15, 0.2) is 39.9 Å². The topological polar surface area (TPSA) is 122 Å². The van der Waals surface area contributed by atoms with Gasteiger partial charge in [-0.1, -0.05) is 0 Å². The quantitative estimate of drug-likeness (QED) is 0.581. The number of hydrogen-bond donors (Lipinski definition) is 3. The highest BCUT2D eigenvalue weighted by molar-refractivity contribution is 7.89. The maximum Gasteiger partial charge on any atom is 0.254 e. The van der Waals surface area contributed by atoms with Crippen molar-refractivity contribution < 1.29 is 22.1 Å². The largest absolute Gasteiger partial charge is 0.472 e. The standard InChI is InChI=1S/C18H18FN5O4S/c19-18-12-9-20-29(25,26)15(12)4-3-13(18)21-16-8-14(22-23-16)10-1-2-11(7-10)28-17-5-6-27-24-17/h3-6,8,10-11,20H,1-2,7,9H2,(H2,21,22,23)/t10-,11+/m0/s1. The second kappa shape index (κ2) is 6.85. The van der Waals surface area contributed by atoms with Gasteiger partial charge in [0, 0.05) is 35.9 Å². The molecule has 29 heavy (non-hydrogen) atoms. The predicted octanol–water partition coefficient (Wildman–Crippen LogP) is 2.79. The molecular weight excluding hydrogens is 401 g/mol. The van der Waals surface area contributed by atoms with E-state index in [0.717, 1.165) is 25.0 Å². The summed E-state index contributed by atoms with van der Waals surface area (Å²) < 4.78 is 51.2. The fourth-order valence-corrected chi connectivity index (χ4v) is 5.10. The van der Waals surface area contributed by atoms with Gasteiger partial charge in [0.25, 0.3) is 5.88 Å². The third-order valence-corrected chi connectivity index (χ3v) is 6.80. The predicted molar refractivity (Wildman–Crippen MR) is 99.8 cm³/mol. The molecule has 11 heteroatoms. The molecule has 1 fully saturated rings. The highest BCUT2D eigenvalue weighted by Gasteiger charge is 2.31. The van der Waals surface area contributed by atoms with E-state index in [1.807, 2.05) is 6.07 Å². The van der Waals surface area contributed by atoms with E-state index in [1.54, 1.807) is 6.07 Å². The zero-order valence-electron chi connectivity index (χ0n) is 15.2. The fourth-order valence-electron chi connectivity index (χ4n) is 3.87. The van der Waals surface area contributed by atoms with Gasteiger partial charge in [-0.25, -0.2) is 17.5 Å². The number of aromatic amines is 1. The Kier molecular flexibility index (Phi) is 4.28. The first-order valence-corrected chi connectivity index (χ1v) is 10.7. The molecule has 152 valence electrons. The lowest BCUT2D eigenvalue weighted by atomic mass is 10.0. The Bertz CT molecular complexity index is 1150. The maximum atomic E-state index is 14.7. The van der Waals surface area contributed by atoms with Gasteiger partial charge < -0.3 is 14.6 Å². The summed E-state index contributed by atoms with van der Waals surface area (Å²) in [6, 6.07) is 6.32. The number of nitrogens with zero attached hydrogens (tertiary/aromatic N) is 2. The number of ether oxygens (including phenoxy) is 1. The number of sulfonamides is 1. The lowest BCUT2D eigenvalue weighted by molar-refractivity contribution is 0.188. The van der Waals surface area contributed by atoms with Crippen LogP contribution in [0.3, 0.4) is 0 Å². The minimum atomic E-state index is -3.61. The number of benzene rings is 1. The van der Waals surface area contributed by atoms with Gasteiger partial charge in [-0.2, -0.15) is 5.10 Å². The van der Waals surface area contributed by atoms with Gasteiger partial charge in [-0.15, -0.1) is 0 Å². The van der Waals surface area contributed by atoms with Gasteiger partial charge in [0.2, 0.25) is 10.0 Å². The Morgan fingerprint density at radius 3 is 3.00 bits per heavy atom. The molecule has 9 nitrogen and oxygen atoms in total. The van der Waals surface area contributed by atoms with Crippen molar-refractivity contribution in [3.8, 4) is 5.88 Å². The number of H-pyrrole nitrogens is 1. The number of rotatable bonds is 5. The molecule has 1 aliphatic heterocycles. The highest BCUT2D eigenvalue weighted by Crippen LogP contribution is 2.37. The molecule has 2 aromatic heterocycles. The van der Waals surface area contributed by atoms with E-state index in [0.29, 0.717) is 11.7 Å². The second-order valence-corrected chi connectivity index (χ2v) is 8.88. The summed E-state index contributed by atoms with van der Waals surface area (Å²) in [6.45, 7) is -0.0557. The molecule has 1 aliphatic carbocycles. The van der Waals surface area contributed by atoms with Crippen LogP contribution in [0.25, 0.3) is 0 Å². The number of aromatic nitrogens is 3. The molecule has 3 heterocycles. The van der Waals surface area contributed by atoms with Crippen molar-refractivity contribution in [3.63, 3.8) is 0 Å². The van der Waals surface area contributed by atoms with Crippen molar-refractivity contribution in [1.82, 2.24) is 20.1 Å². The molecule has 1 aromatic carbocycles. The van der Waals surface area contributed by atoms with E-state index in [4.69, 9.17) is 9.26 Å². The summed E-state index contributed by atoms with van der Waals surface area (Å²) >= 11 is 0. The number of halogens is 1. The van der Waals surface area contributed by atoms with E-state index < -0.39 is 15.8 Å². The number of fused-ring (bicyclic) bond motifs is 1. The minimum absolute atomic E-state index is 0.0209. The average molecular weight is 419 g/mol. The van der Waals surface area contributed by atoms with E-state index in [9.17, 15) is 12.8 Å². The van der Waals surface area contributed by atoms with Crippen molar-refractivity contribution in [2.24, 2.45) is 0 Å². The summed E-state index contributed by atoms with van der Waals surface area (Å²) in [5.41, 5.74) is 1.25. The van der Waals surface area contributed by atoms with Crippen LogP contribution in [-0.2, 0) is 16.6 Å². The first kappa shape index (κ1) is 18.1. The number of anilines is 2. The van der Waals surface area contributed by atoms with Crippen molar-refractivity contribution in [3.05, 3.63) is 47.6 Å². The molecule has 2 atom stereocenters. The molecule has 0 bridgehead atoms. The zero-order chi connectivity index (χ0) is 20.0. The fraction of sp³-hybridized carbons (Fsp3) is 0.333. The average Bonchev–Trinajstić information content (AvgIpc) is 3.46. The van der Waals surface area contributed by atoms with Crippen LogP contribution < -0.4 is 14.8 Å². The number of nitrogens with one attached hydrogen (secondary N) is 3. The summed E-state index contributed by atoms with van der Waals surface area (Å²) in [5, 5.41) is 13.9. The highest BCUT2D eigenvalue weighted by atomic mass is 32.2. The Balaban J connectivity index is 1.28. The van der Waals surface area contributed by atoms with E-state index in [1.165, 1.54) is 18.4 Å². The van der Waals surface area contributed by atoms with Gasteiger partial charge in [-0.05, 0) is 36.6 Å². The monoisotopic (exact) mass is 419 g/mol. The molecule has 5 rings (SSSR count). The first-order valence-electron chi connectivity index (χ1n) is 9.20. The van der Waals surface area contributed by atoms with Crippen molar-refractivity contribution >= 4 is 21.5 Å². The van der Waals surface area contributed by atoms with Crippen molar-refractivity contribution in [2.45, 2.75) is 42.7 Å². The molecule has 3 aromatic rings. The van der Waals surface area contributed by atoms with Gasteiger partial charge >= 0.3 is 0 Å². The summed E-state index contributed by atoms with van der Waals surface area (Å²) in [5.74, 6) is 0.594. The smallest absolute Gasteiger partial charge is 0.254 e. The maximum absolute atomic E-state index is 14.7. The van der Waals surface area contributed by atoms with Crippen LogP contribution in [0, 0.1) is 5.82 Å². The minimum Gasteiger partial charge on any atom is -0.472 e. The first-order chi connectivity index (χ1) is 14.0. The van der Waals surface area contributed by atoms with Crippen LogP contribution in [0.4, 0.5) is 15.9 Å². The number of hydrogen-bond acceptors (Lipinski definition) is 7. The zero-order valence-corrected chi connectivity index (χ0v) is 16.0. The lowest BCUT2D eigenvalue weighted by Gasteiger charge is -2.10. The lowest BCUT2D eigenvalue weighted by Crippen LogP contribution is -2.13. The molecule has 2 aliphatic rings. The van der Waals surface area contributed by atoms with Crippen LogP contribution in [0.5, 0.6) is 5.88 Å². The molecule has 0 radical (unpaired) electrons. The molecule has 0 spiro atoms. The molecule has 3 N–H and O–H groups in total. The van der Waals surface area contributed by atoms with Crippen LogP contribution in [0.2, 0.25) is 0 Å². The molecule has 1 saturated carbocycles. The van der Waals surface area contributed by atoms with Crippen molar-refractivity contribution in [1.29, 1.82) is 0 Å². The molecule has 0 saturated heterocycles. The van der Waals surface area contributed by atoms with Gasteiger partial charge in [0.1, 0.15) is 12.4 Å². The summed E-state index contributed by atoms with van der Waals surface area (Å²) in [7, 11) is -3.61. The normalized spacial score (nSPS) is 22.5. The van der Waals surface area contributed by atoms with E-state index in [2.05, 4.69) is 25.4 Å². The van der Waals surface area contributed by atoms with Gasteiger partial charge in [0.15, 0.2) is 11.6 Å². The molecule has 0 amide bonds.